The van der Waals surface area contributed by atoms with Gasteiger partial charge in [-0.05, 0) is 6.08 Å². The monoisotopic (exact) mass is 123 g/mol. The van der Waals surface area contributed by atoms with E-state index in [0.29, 0.717) is 12.2 Å². The largest absolute Gasteiger partial charge is 0.390 e. The fourth-order valence-electron chi connectivity index (χ4n) is 0.484. The van der Waals surface area contributed by atoms with E-state index in [1.807, 2.05) is 6.07 Å². The lowest BCUT2D eigenvalue weighted by Crippen LogP contribution is -2.17. The first-order chi connectivity index (χ1) is 4.34. The highest BCUT2D eigenvalue weighted by molar-refractivity contribution is 6.00. The van der Waals surface area contributed by atoms with Crippen molar-refractivity contribution in [1.82, 2.24) is 0 Å². The molecule has 0 spiro atoms. The van der Waals surface area contributed by atoms with E-state index in [2.05, 4.69) is 9.99 Å². The van der Waals surface area contributed by atoms with Gasteiger partial charge in [-0.3, -0.25) is 0 Å². The zero-order valence-electron chi connectivity index (χ0n) is 4.66. The Morgan fingerprint density at radius 1 is 1.89 bits per heavy atom. The maximum Gasteiger partial charge on any atom is 0.180 e. The van der Waals surface area contributed by atoms with E-state index in [1.165, 1.54) is 0 Å². The molecule has 1 aliphatic heterocycles. The molecule has 0 radical (unpaired) electrons. The van der Waals surface area contributed by atoms with Crippen LogP contribution in [0.4, 0.5) is 0 Å². The highest BCUT2D eigenvalue weighted by atomic mass is 16.6. The van der Waals surface area contributed by atoms with Crippen LogP contribution < -0.4 is 5.73 Å². The summed E-state index contributed by atoms with van der Waals surface area (Å²) in [7, 11) is 0. The standard InChI is InChI=1S/C5H5N3O/c6-3-4-1-2-9-8-5(4)7/h1H,2H2,(H2,7,8). The molecule has 9 heavy (non-hydrogen) atoms. The molecule has 0 atom stereocenters. The topological polar surface area (TPSA) is 71.4 Å². The third kappa shape index (κ3) is 0.995. The van der Waals surface area contributed by atoms with E-state index in [-0.39, 0.29) is 5.84 Å². The number of nitrogens with two attached hydrogens (primary N) is 1. The average Bonchev–Trinajstić information content (AvgIpc) is 1.89. The van der Waals surface area contributed by atoms with E-state index in [0.717, 1.165) is 0 Å². The Hall–Kier alpha value is -1.50. The smallest absolute Gasteiger partial charge is 0.180 e. The van der Waals surface area contributed by atoms with Gasteiger partial charge < -0.3 is 10.6 Å². The molecule has 1 heterocycles. The predicted octanol–water partition coefficient (Wildman–Crippen LogP) is -0.261. The van der Waals surface area contributed by atoms with E-state index in [4.69, 9.17) is 11.0 Å². The third-order valence-corrected chi connectivity index (χ3v) is 0.921. The molecule has 2 N–H and O–H groups in total. The van der Waals surface area contributed by atoms with Crippen LogP contribution in [0.25, 0.3) is 0 Å². The molecule has 0 unspecified atom stereocenters. The Morgan fingerprint density at radius 3 is 3.11 bits per heavy atom. The molecule has 1 aliphatic rings. The summed E-state index contributed by atoms with van der Waals surface area (Å²) in [6.07, 6.45) is 1.59. The van der Waals surface area contributed by atoms with Crippen molar-refractivity contribution in [2.75, 3.05) is 6.61 Å². The molecule has 0 fully saturated rings. The van der Waals surface area contributed by atoms with Crippen LogP contribution in [-0.2, 0) is 4.84 Å². The maximum atomic E-state index is 8.33. The number of oxime groups is 1. The number of hydrogen-bond acceptors (Lipinski definition) is 4. The third-order valence-electron chi connectivity index (χ3n) is 0.921. The summed E-state index contributed by atoms with van der Waals surface area (Å²) < 4.78 is 0. The lowest BCUT2D eigenvalue weighted by molar-refractivity contribution is 0.170. The lowest BCUT2D eigenvalue weighted by Gasteiger charge is -2.02. The molecule has 0 amide bonds. The summed E-state index contributed by atoms with van der Waals surface area (Å²) in [6.45, 7) is 0.337. The Morgan fingerprint density at radius 2 is 2.67 bits per heavy atom. The molecule has 0 aliphatic carbocycles. The molecular weight excluding hydrogens is 118 g/mol. The first-order valence-corrected chi connectivity index (χ1v) is 2.40. The summed E-state index contributed by atoms with van der Waals surface area (Å²) >= 11 is 0. The van der Waals surface area contributed by atoms with Gasteiger partial charge in [-0.1, -0.05) is 5.16 Å². The summed E-state index contributed by atoms with van der Waals surface area (Å²) in [4.78, 5) is 4.55. The van der Waals surface area contributed by atoms with Crippen LogP contribution in [0.5, 0.6) is 0 Å². The summed E-state index contributed by atoms with van der Waals surface area (Å²) in [5.74, 6) is 0.156. The number of rotatable bonds is 0. The summed E-state index contributed by atoms with van der Waals surface area (Å²) in [5, 5.41) is 11.7. The van der Waals surface area contributed by atoms with E-state index >= 15 is 0 Å². The minimum Gasteiger partial charge on any atom is -0.390 e. The van der Waals surface area contributed by atoms with Gasteiger partial charge in [0.15, 0.2) is 5.84 Å². The molecular formula is C5H5N3O. The second-order valence-corrected chi connectivity index (χ2v) is 1.50. The van der Waals surface area contributed by atoms with Crippen LogP contribution >= 0.6 is 0 Å². The number of hydrogen-bond donors (Lipinski definition) is 1. The second-order valence-electron chi connectivity index (χ2n) is 1.50. The van der Waals surface area contributed by atoms with Gasteiger partial charge in [0, 0.05) is 0 Å². The molecule has 4 heteroatoms. The first-order valence-electron chi connectivity index (χ1n) is 2.40. The van der Waals surface area contributed by atoms with Crippen LogP contribution in [0.1, 0.15) is 0 Å². The van der Waals surface area contributed by atoms with Crippen LogP contribution in [0.2, 0.25) is 0 Å². The first kappa shape index (κ1) is 5.63. The van der Waals surface area contributed by atoms with Crippen LogP contribution in [-0.4, -0.2) is 12.4 Å². The van der Waals surface area contributed by atoms with Crippen molar-refractivity contribution in [1.29, 1.82) is 5.26 Å². The minimum atomic E-state index is 0.156. The van der Waals surface area contributed by atoms with Crippen LogP contribution in [0.15, 0.2) is 16.8 Å². The van der Waals surface area contributed by atoms with Gasteiger partial charge in [0.2, 0.25) is 0 Å². The zero-order valence-corrected chi connectivity index (χ0v) is 4.66. The fourth-order valence-corrected chi connectivity index (χ4v) is 0.484. The number of amidine groups is 1. The molecule has 0 aromatic heterocycles. The van der Waals surface area contributed by atoms with Crippen molar-refractivity contribution in [2.24, 2.45) is 10.9 Å². The Labute approximate surface area is 52.2 Å². The van der Waals surface area contributed by atoms with Gasteiger partial charge in [0.25, 0.3) is 0 Å². The molecule has 0 aromatic carbocycles. The summed E-state index contributed by atoms with van der Waals surface area (Å²) in [6, 6.07) is 1.88. The molecule has 0 bridgehead atoms. The average molecular weight is 123 g/mol. The Bertz CT molecular complexity index is 211. The molecule has 0 saturated carbocycles. The normalized spacial score (nSPS) is 16.8. The SMILES string of the molecule is N#CC1=CCON=C1N. The van der Waals surface area contributed by atoms with Gasteiger partial charge in [-0.2, -0.15) is 5.26 Å². The minimum absolute atomic E-state index is 0.156. The van der Waals surface area contributed by atoms with Gasteiger partial charge in [-0.15, -0.1) is 0 Å². The van der Waals surface area contributed by atoms with Gasteiger partial charge in [0.05, 0.1) is 5.57 Å². The predicted molar refractivity (Wildman–Crippen MR) is 31.3 cm³/mol. The van der Waals surface area contributed by atoms with Crippen molar-refractivity contribution < 1.29 is 4.84 Å². The van der Waals surface area contributed by atoms with Crippen LogP contribution in [0.3, 0.4) is 0 Å². The van der Waals surface area contributed by atoms with Gasteiger partial charge in [0.1, 0.15) is 12.7 Å². The molecule has 46 valence electrons. The van der Waals surface area contributed by atoms with Crippen molar-refractivity contribution in [3.8, 4) is 6.07 Å². The van der Waals surface area contributed by atoms with Crippen molar-refractivity contribution >= 4 is 5.84 Å². The Balaban J connectivity index is 2.83. The number of nitriles is 1. The lowest BCUT2D eigenvalue weighted by atomic mass is 10.2. The van der Waals surface area contributed by atoms with Crippen molar-refractivity contribution in [2.45, 2.75) is 0 Å². The van der Waals surface area contributed by atoms with Crippen molar-refractivity contribution in [3.05, 3.63) is 11.6 Å². The van der Waals surface area contributed by atoms with E-state index in [9.17, 15) is 0 Å². The van der Waals surface area contributed by atoms with Crippen LogP contribution in [0, 0.1) is 11.3 Å². The molecule has 0 saturated heterocycles. The zero-order chi connectivity index (χ0) is 6.69. The molecule has 0 aromatic rings. The quantitative estimate of drug-likeness (QED) is 0.482. The maximum absolute atomic E-state index is 8.33. The van der Waals surface area contributed by atoms with E-state index < -0.39 is 0 Å². The molecule has 4 nitrogen and oxygen atoms in total. The Kier molecular flexibility index (Phi) is 1.36. The van der Waals surface area contributed by atoms with E-state index in [1.54, 1.807) is 6.08 Å². The highest BCUT2D eigenvalue weighted by Crippen LogP contribution is 1.98. The second kappa shape index (κ2) is 2.18. The summed E-state index contributed by atoms with van der Waals surface area (Å²) in [5.41, 5.74) is 5.61. The molecule has 1 rings (SSSR count). The van der Waals surface area contributed by atoms with Gasteiger partial charge in [-0.25, -0.2) is 0 Å². The van der Waals surface area contributed by atoms with Gasteiger partial charge >= 0.3 is 0 Å². The van der Waals surface area contributed by atoms with Crippen molar-refractivity contribution in [3.63, 3.8) is 0 Å². The fraction of sp³-hybridized carbons (Fsp3) is 0.200. The highest BCUT2D eigenvalue weighted by Gasteiger charge is 2.04. The number of nitrogens with zero attached hydrogens (tertiary/aromatic N) is 2.